The molecule has 1 saturated carbocycles. The van der Waals surface area contributed by atoms with Gasteiger partial charge in [0.15, 0.2) is 0 Å². The van der Waals surface area contributed by atoms with E-state index in [1.165, 1.54) is 19.3 Å². The van der Waals surface area contributed by atoms with Crippen LogP contribution in [0.3, 0.4) is 0 Å². The fraction of sp³-hybridized carbons (Fsp3) is 1.00. The standard InChI is InChI=1S/C5H10.3K.3H/c1-2-5-3-4-5;;;;;;/h5H,2-4H2,1H3;;;;;;/q;3*+1;3*-1. The molecule has 0 aromatic carbocycles. The summed E-state index contributed by atoms with van der Waals surface area (Å²) in [7, 11) is 0. The van der Waals surface area contributed by atoms with Gasteiger partial charge >= 0.3 is 154 Å². The smallest absolute Gasteiger partial charge is 1.00 e. The molecule has 1 aliphatic rings. The van der Waals surface area contributed by atoms with E-state index in [1.807, 2.05) is 0 Å². The van der Waals surface area contributed by atoms with Crippen molar-refractivity contribution in [1.29, 1.82) is 0 Å². The summed E-state index contributed by atoms with van der Waals surface area (Å²) in [5.41, 5.74) is 0. The van der Waals surface area contributed by atoms with Gasteiger partial charge in [-0.2, -0.15) is 0 Å². The van der Waals surface area contributed by atoms with E-state index in [1.54, 1.807) is 0 Å². The summed E-state index contributed by atoms with van der Waals surface area (Å²) in [6.45, 7) is 2.26. The van der Waals surface area contributed by atoms with E-state index in [9.17, 15) is 0 Å². The van der Waals surface area contributed by atoms with Crippen LogP contribution in [0.25, 0.3) is 0 Å². The van der Waals surface area contributed by atoms with Crippen LogP contribution in [-0.4, -0.2) is 0 Å². The Morgan fingerprint density at radius 1 is 1.25 bits per heavy atom. The summed E-state index contributed by atoms with van der Waals surface area (Å²) in [5.74, 6) is 1.13. The molecule has 36 valence electrons. The molecule has 0 aromatic rings. The second-order valence-electron chi connectivity index (χ2n) is 1.85. The minimum absolute atomic E-state index is 0. The van der Waals surface area contributed by atoms with E-state index in [0.717, 1.165) is 5.92 Å². The zero-order valence-corrected chi connectivity index (χ0v) is 16.1. The normalized spacial score (nSPS) is 14.6. The topological polar surface area (TPSA) is 0 Å². The van der Waals surface area contributed by atoms with E-state index >= 15 is 0 Å². The maximum atomic E-state index is 2.26. The molecule has 0 nitrogen and oxygen atoms in total. The van der Waals surface area contributed by atoms with E-state index in [0.29, 0.717) is 0 Å². The van der Waals surface area contributed by atoms with Crippen molar-refractivity contribution < 1.29 is 158 Å². The van der Waals surface area contributed by atoms with Crippen LogP contribution >= 0.6 is 0 Å². The predicted molar refractivity (Wildman–Crippen MR) is 26.4 cm³/mol. The Morgan fingerprint density at radius 2 is 1.62 bits per heavy atom. The van der Waals surface area contributed by atoms with Gasteiger partial charge in [0.1, 0.15) is 0 Å². The van der Waals surface area contributed by atoms with Gasteiger partial charge in [-0.15, -0.1) is 0 Å². The Bertz CT molecular complexity index is 44.0. The molecule has 1 rings (SSSR count). The average molecular weight is 190 g/mol. The zero-order chi connectivity index (χ0) is 3.70. The largest absolute Gasteiger partial charge is 1.00 e. The van der Waals surface area contributed by atoms with Crippen molar-refractivity contribution in [2.75, 3.05) is 0 Å². The van der Waals surface area contributed by atoms with Crippen LogP contribution in [0, 0.1) is 5.92 Å². The molecular weight excluding hydrogens is 177 g/mol. The van der Waals surface area contributed by atoms with Gasteiger partial charge in [-0.3, -0.25) is 0 Å². The molecule has 0 amide bonds. The van der Waals surface area contributed by atoms with Crippen molar-refractivity contribution in [1.82, 2.24) is 0 Å². The molecule has 0 heterocycles. The Balaban J connectivity index is -0.0000000104. The van der Waals surface area contributed by atoms with E-state index in [4.69, 9.17) is 0 Å². The van der Waals surface area contributed by atoms with Crippen LogP contribution in [0.2, 0.25) is 0 Å². The summed E-state index contributed by atoms with van der Waals surface area (Å²) in [6, 6.07) is 0. The SMILES string of the molecule is CCC1CC1.[H-].[H-].[H-].[K+].[K+].[K+]. The summed E-state index contributed by atoms with van der Waals surface area (Å²) in [6.07, 6.45) is 4.44. The van der Waals surface area contributed by atoms with E-state index in [2.05, 4.69) is 6.92 Å². The first-order valence-corrected chi connectivity index (χ1v) is 2.43. The molecular formula is C5H13K3. The fourth-order valence-corrected chi connectivity index (χ4v) is 0.526. The van der Waals surface area contributed by atoms with Crippen molar-refractivity contribution in [2.24, 2.45) is 5.92 Å². The predicted octanol–water partition coefficient (Wildman–Crippen LogP) is -6.84. The summed E-state index contributed by atoms with van der Waals surface area (Å²) < 4.78 is 0. The first kappa shape index (κ1) is 18.6. The van der Waals surface area contributed by atoms with E-state index in [-0.39, 0.29) is 158 Å². The Kier molecular flexibility index (Phi) is 27.8. The van der Waals surface area contributed by atoms with Gasteiger partial charge in [0.25, 0.3) is 0 Å². The maximum Gasteiger partial charge on any atom is 1.00 e. The minimum Gasteiger partial charge on any atom is -1.00 e. The quantitative estimate of drug-likeness (QED) is 0.361. The molecule has 0 atom stereocenters. The molecule has 0 aromatic heterocycles. The van der Waals surface area contributed by atoms with Crippen molar-refractivity contribution in [2.45, 2.75) is 26.2 Å². The van der Waals surface area contributed by atoms with Crippen LogP contribution in [0.1, 0.15) is 30.5 Å². The molecule has 0 unspecified atom stereocenters. The van der Waals surface area contributed by atoms with Gasteiger partial charge in [0, 0.05) is 0 Å². The monoisotopic (exact) mass is 190 g/mol. The van der Waals surface area contributed by atoms with Crippen LogP contribution in [0.4, 0.5) is 0 Å². The van der Waals surface area contributed by atoms with E-state index < -0.39 is 0 Å². The van der Waals surface area contributed by atoms with Gasteiger partial charge in [-0.25, -0.2) is 0 Å². The van der Waals surface area contributed by atoms with Gasteiger partial charge in [-0.1, -0.05) is 26.2 Å². The molecule has 0 bridgehead atoms. The first-order chi connectivity index (χ1) is 2.43. The Hall–Kier alpha value is 4.91. The van der Waals surface area contributed by atoms with Gasteiger partial charge in [0.2, 0.25) is 0 Å². The Labute approximate surface area is 184 Å². The van der Waals surface area contributed by atoms with Crippen LogP contribution < -0.4 is 154 Å². The third kappa shape index (κ3) is 10.9. The summed E-state index contributed by atoms with van der Waals surface area (Å²) in [4.78, 5) is 0. The molecule has 0 spiro atoms. The third-order valence-corrected chi connectivity index (χ3v) is 1.27. The van der Waals surface area contributed by atoms with Crippen molar-refractivity contribution >= 4 is 0 Å². The number of hydrogen-bond donors (Lipinski definition) is 0. The molecule has 8 heavy (non-hydrogen) atoms. The zero-order valence-electron chi connectivity index (χ0n) is 9.70. The summed E-state index contributed by atoms with van der Waals surface area (Å²) >= 11 is 0. The van der Waals surface area contributed by atoms with Crippen LogP contribution in [0.5, 0.6) is 0 Å². The molecule has 0 saturated heterocycles. The molecule has 3 heteroatoms. The average Bonchev–Trinajstić information content (AvgIpc) is 2.12. The fourth-order valence-electron chi connectivity index (χ4n) is 0.526. The van der Waals surface area contributed by atoms with Gasteiger partial charge < -0.3 is 4.28 Å². The Morgan fingerprint density at radius 3 is 1.62 bits per heavy atom. The van der Waals surface area contributed by atoms with Gasteiger partial charge in [0.05, 0.1) is 0 Å². The van der Waals surface area contributed by atoms with Crippen molar-refractivity contribution in [3.63, 3.8) is 0 Å². The molecule has 1 aliphatic carbocycles. The number of rotatable bonds is 1. The molecule has 0 N–H and O–H groups in total. The maximum absolute atomic E-state index is 2.26. The second-order valence-corrected chi connectivity index (χ2v) is 1.85. The molecule has 0 aliphatic heterocycles. The third-order valence-electron chi connectivity index (χ3n) is 1.27. The molecule has 1 fully saturated rings. The second kappa shape index (κ2) is 11.9. The van der Waals surface area contributed by atoms with Crippen molar-refractivity contribution in [3.05, 3.63) is 0 Å². The van der Waals surface area contributed by atoms with Crippen molar-refractivity contribution in [3.8, 4) is 0 Å². The minimum atomic E-state index is 0. The van der Waals surface area contributed by atoms with Crippen LogP contribution in [-0.2, 0) is 0 Å². The van der Waals surface area contributed by atoms with Gasteiger partial charge in [-0.05, 0) is 5.92 Å². The number of hydrogen-bond acceptors (Lipinski definition) is 0. The first-order valence-electron chi connectivity index (χ1n) is 2.43. The van der Waals surface area contributed by atoms with Crippen LogP contribution in [0.15, 0.2) is 0 Å². The molecule has 0 radical (unpaired) electrons. The summed E-state index contributed by atoms with van der Waals surface area (Å²) in [5, 5.41) is 0.